The lowest BCUT2D eigenvalue weighted by Crippen LogP contribution is -2.39. The number of nitrogens with one attached hydrogen (secondary N) is 5. The van der Waals surface area contributed by atoms with Crippen molar-refractivity contribution >= 4 is 73.4 Å². The summed E-state index contributed by atoms with van der Waals surface area (Å²) in [4.78, 5) is 53.8. The van der Waals surface area contributed by atoms with Gasteiger partial charge in [-0.05, 0) is 59.9 Å². The van der Waals surface area contributed by atoms with Crippen LogP contribution in [-0.4, -0.2) is 90.6 Å². The van der Waals surface area contributed by atoms with E-state index in [4.69, 9.17) is 0 Å². The normalized spacial score (nSPS) is 13.0. The number of carbonyl (C=O) groups is 3. The number of hydrogen-bond acceptors (Lipinski definition) is 17. The van der Waals surface area contributed by atoms with Crippen LogP contribution in [0.25, 0.3) is 11.0 Å². The lowest BCUT2D eigenvalue weighted by molar-refractivity contribution is -0.383. The number of amides is 3. The van der Waals surface area contributed by atoms with Crippen LogP contribution in [0.2, 0.25) is 0 Å². The molecular weight excluding hydrogens is 696 g/mol. The van der Waals surface area contributed by atoms with Gasteiger partial charge in [-0.2, -0.15) is 0 Å². The average Bonchev–Trinajstić information content (AvgIpc) is 3.81. The summed E-state index contributed by atoms with van der Waals surface area (Å²) in [5.41, 5.74) is 1.21. The molecule has 0 bridgehead atoms. The molecule has 21 heteroatoms. The van der Waals surface area contributed by atoms with Gasteiger partial charge in [0, 0.05) is 63.0 Å². The van der Waals surface area contributed by atoms with Gasteiger partial charge >= 0.3 is 5.69 Å². The van der Waals surface area contributed by atoms with E-state index in [0.717, 1.165) is 25.9 Å². The maximum Gasteiger partial charge on any atom is 0.300 e. The van der Waals surface area contributed by atoms with Gasteiger partial charge in [-0.15, -0.1) is 20.4 Å². The molecule has 20 nitrogen and oxygen atoms in total. The average molecular weight is 731 g/mol. The Kier molecular flexibility index (Phi) is 11.6. The van der Waals surface area contributed by atoms with Crippen LogP contribution < -0.4 is 31.5 Å². The standard InChI is InChI=1S/C31H34N14O6S/c46-25(34-15-14-33-21-7-8-22(45(49)50)29-28(21)42-51-43-29)5-3-6-26(47)36-23-9-10-24(39-38-23)44-16-11-19(12-17-44)35-30-40-41-31(52-30)37-27(48)18-20-4-1-2-13-32-20/h1-2,4,7-10,13,19,33H,3,5-6,11-12,14-18H2,(H,34,46)(H,35,40)(H,36,38,47)(H,37,41,48). The number of nitro benzene ring substituents is 1. The molecule has 5 N–H and O–H groups in total. The summed E-state index contributed by atoms with van der Waals surface area (Å²) in [5.74, 6) is 0.319. The van der Waals surface area contributed by atoms with E-state index in [-0.39, 0.29) is 66.3 Å². The Morgan fingerprint density at radius 3 is 2.46 bits per heavy atom. The van der Waals surface area contributed by atoms with Gasteiger partial charge in [0.05, 0.1) is 17.0 Å². The quantitative estimate of drug-likeness (QED) is 0.0555. The van der Waals surface area contributed by atoms with Crippen molar-refractivity contribution in [3.8, 4) is 0 Å². The van der Waals surface area contributed by atoms with Crippen LogP contribution in [0.4, 0.5) is 33.3 Å². The van der Waals surface area contributed by atoms with E-state index in [9.17, 15) is 24.5 Å². The number of pyridine rings is 1. The molecule has 0 radical (unpaired) electrons. The summed E-state index contributed by atoms with van der Waals surface area (Å²) in [5, 5.41) is 50.8. The Balaban J connectivity index is 0.841. The van der Waals surface area contributed by atoms with Crippen molar-refractivity contribution in [1.82, 2.24) is 41.0 Å². The second kappa shape index (κ2) is 17.0. The summed E-state index contributed by atoms with van der Waals surface area (Å²) in [6.07, 6.45) is 4.08. The van der Waals surface area contributed by atoms with Crippen LogP contribution in [0.3, 0.4) is 0 Å². The number of nitro groups is 1. The maximum atomic E-state index is 12.4. The van der Waals surface area contributed by atoms with E-state index in [1.807, 2.05) is 12.1 Å². The van der Waals surface area contributed by atoms with Crippen LogP contribution in [0, 0.1) is 10.1 Å². The highest BCUT2D eigenvalue weighted by Crippen LogP contribution is 2.28. The Morgan fingerprint density at radius 2 is 1.69 bits per heavy atom. The number of aromatic nitrogens is 7. The minimum atomic E-state index is -0.567. The van der Waals surface area contributed by atoms with Gasteiger partial charge in [0.2, 0.25) is 33.5 Å². The van der Waals surface area contributed by atoms with Crippen LogP contribution in [0.1, 0.15) is 37.8 Å². The highest BCUT2D eigenvalue weighted by atomic mass is 32.1. The SMILES string of the molecule is O=C(CCCC(=O)Nc1ccc(N2CCC(Nc3nnc(NC(=O)Cc4ccccn4)s3)CC2)nn1)NCCNc1ccc([N+](=O)[O-])c2nonc12. The fourth-order valence-electron chi connectivity index (χ4n) is 5.40. The monoisotopic (exact) mass is 730 g/mol. The third kappa shape index (κ3) is 9.65. The third-order valence-corrected chi connectivity index (χ3v) is 8.73. The number of anilines is 5. The van der Waals surface area contributed by atoms with Gasteiger partial charge in [-0.1, -0.05) is 17.4 Å². The molecule has 0 aliphatic carbocycles. The molecule has 5 aromatic rings. The van der Waals surface area contributed by atoms with Gasteiger partial charge in [0.25, 0.3) is 0 Å². The van der Waals surface area contributed by atoms with Crippen molar-refractivity contribution < 1.29 is 23.9 Å². The summed E-state index contributed by atoms with van der Waals surface area (Å²) in [6.45, 7) is 2.09. The van der Waals surface area contributed by atoms with Gasteiger partial charge in [0.15, 0.2) is 17.2 Å². The largest absolute Gasteiger partial charge is 0.381 e. The van der Waals surface area contributed by atoms with Crippen molar-refractivity contribution in [2.45, 2.75) is 44.6 Å². The summed E-state index contributed by atoms with van der Waals surface area (Å²) in [6, 6.07) is 11.9. The minimum absolute atomic E-state index is 0.0353. The van der Waals surface area contributed by atoms with Crippen LogP contribution in [0.15, 0.2) is 53.3 Å². The first-order chi connectivity index (χ1) is 25.3. The number of rotatable bonds is 16. The predicted molar refractivity (Wildman–Crippen MR) is 190 cm³/mol. The first-order valence-electron chi connectivity index (χ1n) is 16.4. The fourth-order valence-corrected chi connectivity index (χ4v) is 6.13. The number of fused-ring (bicyclic) bond motifs is 1. The molecular formula is C31H34N14O6S. The van der Waals surface area contributed by atoms with Crippen molar-refractivity contribution in [3.05, 3.63) is 64.5 Å². The second-order valence-electron chi connectivity index (χ2n) is 11.7. The number of nitrogens with zero attached hydrogens (tertiary/aromatic N) is 9. The lowest BCUT2D eigenvalue weighted by atomic mass is 10.1. The van der Waals surface area contributed by atoms with E-state index in [0.29, 0.717) is 46.2 Å². The summed E-state index contributed by atoms with van der Waals surface area (Å²) >= 11 is 1.28. The first-order valence-corrected chi connectivity index (χ1v) is 17.2. The van der Waals surface area contributed by atoms with Crippen molar-refractivity contribution in [3.63, 3.8) is 0 Å². The molecule has 4 aromatic heterocycles. The zero-order valence-electron chi connectivity index (χ0n) is 27.6. The molecule has 0 spiro atoms. The van der Waals surface area contributed by atoms with Crippen LogP contribution >= 0.6 is 11.3 Å². The van der Waals surface area contributed by atoms with Crippen LogP contribution in [-0.2, 0) is 20.8 Å². The minimum Gasteiger partial charge on any atom is -0.381 e. The van der Waals surface area contributed by atoms with E-state index in [1.165, 1.54) is 23.5 Å². The van der Waals surface area contributed by atoms with Crippen molar-refractivity contribution in [1.29, 1.82) is 0 Å². The van der Waals surface area contributed by atoms with Gasteiger partial charge in [-0.25, -0.2) is 4.63 Å². The summed E-state index contributed by atoms with van der Waals surface area (Å²) < 4.78 is 4.64. The highest BCUT2D eigenvalue weighted by molar-refractivity contribution is 7.19. The molecule has 6 rings (SSSR count). The van der Waals surface area contributed by atoms with E-state index < -0.39 is 4.92 Å². The van der Waals surface area contributed by atoms with Gasteiger partial charge < -0.3 is 31.5 Å². The molecule has 0 atom stereocenters. The van der Waals surface area contributed by atoms with E-state index >= 15 is 0 Å². The Bertz CT molecular complexity index is 2000. The first kappa shape index (κ1) is 35.4. The molecule has 1 fully saturated rings. The van der Waals surface area contributed by atoms with Gasteiger partial charge in [-0.3, -0.25) is 29.5 Å². The molecule has 3 amide bonds. The fraction of sp³-hybridized carbons (Fsp3) is 0.355. The molecule has 0 unspecified atom stereocenters. The van der Waals surface area contributed by atoms with Crippen molar-refractivity contribution in [2.75, 3.05) is 52.3 Å². The topological polar surface area (TPSA) is 261 Å². The molecule has 1 aromatic carbocycles. The predicted octanol–water partition coefficient (Wildman–Crippen LogP) is 2.77. The van der Waals surface area contributed by atoms with E-state index in [1.54, 1.807) is 24.4 Å². The Hall–Kier alpha value is -6.38. The molecule has 1 aliphatic rings. The number of piperidine rings is 1. The van der Waals surface area contributed by atoms with E-state index in [2.05, 4.69) is 71.8 Å². The maximum absolute atomic E-state index is 12.4. The molecule has 0 saturated carbocycles. The third-order valence-electron chi connectivity index (χ3n) is 7.96. The summed E-state index contributed by atoms with van der Waals surface area (Å²) in [7, 11) is 0. The molecule has 1 saturated heterocycles. The number of non-ortho nitro benzene ring substituents is 1. The number of hydrogen-bond donors (Lipinski definition) is 5. The Labute approximate surface area is 299 Å². The number of carbonyl (C=O) groups excluding carboxylic acids is 3. The molecule has 270 valence electrons. The Morgan fingerprint density at radius 1 is 0.885 bits per heavy atom. The highest BCUT2D eigenvalue weighted by Gasteiger charge is 2.22. The molecule has 1 aliphatic heterocycles. The van der Waals surface area contributed by atoms with Gasteiger partial charge in [0.1, 0.15) is 0 Å². The van der Waals surface area contributed by atoms with Crippen molar-refractivity contribution in [2.24, 2.45) is 0 Å². The lowest BCUT2D eigenvalue weighted by Gasteiger charge is -2.32. The molecule has 52 heavy (non-hydrogen) atoms. The zero-order valence-corrected chi connectivity index (χ0v) is 28.5. The zero-order chi connectivity index (χ0) is 36.3. The molecule has 5 heterocycles. The smallest absolute Gasteiger partial charge is 0.300 e. The number of benzene rings is 1. The van der Waals surface area contributed by atoms with Crippen LogP contribution in [0.5, 0.6) is 0 Å². The second-order valence-corrected chi connectivity index (χ2v) is 12.6.